The van der Waals surface area contributed by atoms with Gasteiger partial charge in [-0.2, -0.15) is 0 Å². The number of carbonyl (C=O) groups excluding carboxylic acids is 2. The van der Waals surface area contributed by atoms with E-state index >= 15 is 0 Å². The lowest BCUT2D eigenvalue weighted by atomic mass is 10.9. The monoisotopic (exact) mass is 198 g/mol. The van der Waals surface area contributed by atoms with Crippen molar-refractivity contribution in [3.63, 3.8) is 0 Å². The van der Waals surface area contributed by atoms with Gasteiger partial charge >= 0.3 is 10.5 Å². The van der Waals surface area contributed by atoms with Gasteiger partial charge in [0.15, 0.2) is 0 Å². The summed E-state index contributed by atoms with van der Waals surface area (Å²) in [7, 11) is 0. The third kappa shape index (κ3) is 9.71. The summed E-state index contributed by atoms with van der Waals surface area (Å²) in [5, 5.41) is -2.28. The molecule has 0 fully saturated rings. The fraction of sp³-hybridized carbons (Fsp3) is 0. The molecule has 50 valence electrons. The number of rotatable bonds is 1. The zero-order chi connectivity index (χ0) is 5.15. The van der Waals surface area contributed by atoms with Crippen LogP contribution in [-0.2, 0) is 9.59 Å². The first-order valence-corrected chi connectivity index (χ1v) is 1.79. The molecule has 8 heavy (non-hydrogen) atoms. The second-order valence-electron chi connectivity index (χ2n) is 0.547. The Balaban J connectivity index is -0.000000125. The number of carbonyl (C=O) groups is 2. The Labute approximate surface area is 68.3 Å². The Kier molecular flexibility index (Phi) is 14.8. The highest BCUT2D eigenvalue weighted by atomic mass is 35.5. The standard InChI is InChI=1S/C2Cl2O2.2ClH/c3-1(5)2(4)6;;/h;2*1H. The molecule has 0 aromatic rings. The molecule has 0 atom stereocenters. The molecule has 0 aromatic carbocycles. The highest BCUT2D eigenvalue weighted by Gasteiger charge is 2.01. The SMILES string of the molecule is Cl.Cl.O=C(Cl)C(=O)Cl. The molecule has 0 aliphatic heterocycles. The topological polar surface area (TPSA) is 34.1 Å². The van der Waals surface area contributed by atoms with Gasteiger partial charge in [0, 0.05) is 0 Å². The fourth-order valence-corrected chi connectivity index (χ4v) is 0. The summed E-state index contributed by atoms with van der Waals surface area (Å²) in [5.74, 6) is 0. The molecule has 0 N–H and O–H groups in total. The summed E-state index contributed by atoms with van der Waals surface area (Å²) in [6.45, 7) is 0. The number of hydrogen-bond acceptors (Lipinski definition) is 2. The predicted octanol–water partition coefficient (Wildman–Crippen LogP) is 1.36. The van der Waals surface area contributed by atoms with Crippen LogP contribution in [0.2, 0.25) is 0 Å². The van der Waals surface area contributed by atoms with E-state index in [1.165, 1.54) is 0 Å². The van der Waals surface area contributed by atoms with Crippen molar-refractivity contribution in [3.05, 3.63) is 0 Å². The normalized spacial score (nSPS) is 5.75. The molecule has 0 spiro atoms. The summed E-state index contributed by atoms with van der Waals surface area (Å²) in [6.07, 6.45) is 0. The van der Waals surface area contributed by atoms with E-state index in [-0.39, 0.29) is 24.8 Å². The molecule has 6 heteroatoms. The van der Waals surface area contributed by atoms with Gasteiger partial charge in [-0.3, -0.25) is 9.59 Å². The van der Waals surface area contributed by atoms with Crippen LogP contribution in [0.1, 0.15) is 0 Å². The number of halogens is 4. The molecule has 0 amide bonds. The van der Waals surface area contributed by atoms with Crippen molar-refractivity contribution in [2.75, 3.05) is 0 Å². The molecule has 0 unspecified atom stereocenters. The van der Waals surface area contributed by atoms with Gasteiger partial charge in [-0.1, -0.05) is 0 Å². The molecular weight excluding hydrogens is 198 g/mol. The summed E-state index contributed by atoms with van der Waals surface area (Å²) in [6, 6.07) is 0. The summed E-state index contributed by atoms with van der Waals surface area (Å²) in [4.78, 5) is 18.9. The van der Waals surface area contributed by atoms with Crippen LogP contribution in [-0.4, -0.2) is 10.5 Å². The second-order valence-corrected chi connectivity index (χ2v) is 1.23. The quantitative estimate of drug-likeness (QED) is 0.472. The van der Waals surface area contributed by atoms with E-state index in [1.807, 2.05) is 0 Å². The Morgan fingerprint density at radius 2 is 1.00 bits per heavy atom. The lowest BCUT2D eigenvalue weighted by Gasteiger charge is -1.67. The van der Waals surface area contributed by atoms with Crippen molar-refractivity contribution in [3.8, 4) is 0 Å². The van der Waals surface area contributed by atoms with E-state index in [0.717, 1.165) is 0 Å². The predicted molar refractivity (Wildman–Crippen MR) is 36.2 cm³/mol. The van der Waals surface area contributed by atoms with Crippen molar-refractivity contribution in [2.24, 2.45) is 0 Å². The van der Waals surface area contributed by atoms with E-state index in [1.54, 1.807) is 0 Å². The third-order valence-electron chi connectivity index (χ3n) is 0.155. The summed E-state index contributed by atoms with van der Waals surface area (Å²) < 4.78 is 0. The highest BCUT2D eigenvalue weighted by Crippen LogP contribution is 1.84. The van der Waals surface area contributed by atoms with E-state index < -0.39 is 10.5 Å². The molecule has 0 aliphatic carbocycles. The minimum absolute atomic E-state index is 0. The second kappa shape index (κ2) is 7.50. The third-order valence-corrected chi connectivity index (χ3v) is 0.595. The lowest BCUT2D eigenvalue weighted by Crippen LogP contribution is -1.94. The molecular formula is C2H2Cl4O2. The Morgan fingerprint density at radius 1 is 0.875 bits per heavy atom. The molecule has 0 radical (unpaired) electrons. The van der Waals surface area contributed by atoms with Gasteiger partial charge < -0.3 is 0 Å². The van der Waals surface area contributed by atoms with E-state index in [9.17, 15) is 9.59 Å². The Hall–Kier alpha value is 0.500. The van der Waals surface area contributed by atoms with Crippen LogP contribution in [0.5, 0.6) is 0 Å². The zero-order valence-corrected chi connectivity index (χ0v) is 6.53. The first-order valence-electron chi connectivity index (χ1n) is 1.04. The minimum atomic E-state index is -1.14. The molecule has 0 rings (SSSR count). The average molecular weight is 200 g/mol. The Bertz CT molecular complexity index is 78.0. The van der Waals surface area contributed by atoms with Crippen LogP contribution in [0.25, 0.3) is 0 Å². The van der Waals surface area contributed by atoms with Crippen LogP contribution >= 0.6 is 48.0 Å². The van der Waals surface area contributed by atoms with Crippen LogP contribution in [0.4, 0.5) is 0 Å². The smallest absolute Gasteiger partial charge is 0.271 e. The fourth-order valence-electron chi connectivity index (χ4n) is 0. The first-order chi connectivity index (χ1) is 2.64. The van der Waals surface area contributed by atoms with Gasteiger partial charge in [-0.25, -0.2) is 0 Å². The van der Waals surface area contributed by atoms with Crippen LogP contribution in [0, 0.1) is 0 Å². The van der Waals surface area contributed by atoms with Gasteiger partial charge in [0.1, 0.15) is 0 Å². The van der Waals surface area contributed by atoms with Crippen LogP contribution in [0.15, 0.2) is 0 Å². The van der Waals surface area contributed by atoms with Crippen molar-refractivity contribution in [1.29, 1.82) is 0 Å². The van der Waals surface area contributed by atoms with E-state index in [0.29, 0.717) is 0 Å². The van der Waals surface area contributed by atoms with Crippen LogP contribution < -0.4 is 0 Å². The van der Waals surface area contributed by atoms with E-state index in [4.69, 9.17) is 0 Å². The summed E-state index contributed by atoms with van der Waals surface area (Å²) in [5.41, 5.74) is 0. The molecule has 0 bridgehead atoms. The lowest BCUT2D eigenvalue weighted by molar-refractivity contribution is -0.127. The minimum Gasteiger partial charge on any atom is -0.271 e. The van der Waals surface area contributed by atoms with Gasteiger partial charge in [0.05, 0.1) is 0 Å². The summed E-state index contributed by atoms with van der Waals surface area (Å²) >= 11 is 8.98. The zero-order valence-electron chi connectivity index (χ0n) is 3.39. The molecule has 2 nitrogen and oxygen atoms in total. The highest BCUT2D eigenvalue weighted by molar-refractivity contribution is 6.97. The van der Waals surface area contributed by atoms with Crippen LogP contribution in [0.3, 0.4) is 0 Å². The first kappa shape index (κ1) is 15.8. The maximum absolute atomic E-state index is 9.43. The average Bonchev–Trinajstić information content (AvgIpc) is 1.36. The largest absolute Gasteiger partial charge is 0.304 e. The maximum atomic E-state index is 9.43. The van der Waals surface area contributed by atoms with Gasteiger partial charge in [0.25, 0.3) is 0 Å². The van der Waals surface area contributed by atoms with E-state index in [2.05, 4.69) is 23.2 Å². The molecule has 0 aromatic heterocycles. The van der Waals surface area contributed by atoms with Crippen molar-refractivity contribution in [1.82, 2.24) is 0 Å². The van der Waals surface area contributed by atoms with Crippen molar-refractivity contribution >= 4 is 58.5 Å². The molecule has 0 saturated carbocycles. The molecule has 0 saturated heterocycles. The Morgan fingerprint density at radius 3 is 1.00 bits per heavy atom. The van der Waals surface area contributed by atoms with Crippen molar-refractivity contribution in [2.45, 2.75) is 0 Å². The van der Waals surface area contributed by atoms with Crippen molar-refractivity contribution < 1.29 is 9.59 Å². The van der Waals surface area contributed by atoms with Gasteiger partial charge in [0.2, 0.25) is 0 Å². The van der Waals surface area contributed by atoms with Gasteiger partial charge in [-0.05, 0) is 23.2 Å². The molecule has 0 heterocycles. The molecule has 0 aliphatic rings. The van der Waals surface area contributed by atoms with Gasteiger partial charge in [-0.15, -0.1) is 24.8 Å². The maximum Gasteiger partial charge on any atom is 0.304 e. The number of hydrogen-bond donors (Lipinski definition) is 0.